The first-order chi connectivity index (χ1) is 12.7. The summed E-state index contributed by atoms with van der Waals surface area (Å²) in [6.45, 7) is 0. The van der Waals surface area contributed by atoms with E-state index in [1.807, 2.05) is 47.8 Å². The minimum atomic E-state index is -0.260. The number of nitrogens with zero attached hydrogens (tertiary/aromatic N) is 1. The quantitative estimate of drug-likeness (QED) is 0.654. The van der Waals surface area contributed by atoms with E-state index in [1.54, 1.807) is 26.4 Å². The van der Waals surface area contributed by atoms with Gasteiger partial charge in [-0.1, -0.05) is 42.5 Å². The molecule has 0 saturated heterocycles. The molecular weight excluding hydrogens is 348 g/mol. The third-order valence-corrected chi connectivity index (χ3v) is 4.41. The predicted octanol–water partition coefficient (Wildman–Crippen LogP) is 4.48. The topological polar surface area (TPSA) is 60.5 Å². The Labute approximate surface area is 155 Å². The minimum absolute atomic E-state index is 0.260. The number of hydrogen-bond donors (Lipinski definition) is 1. The van der Waals surface area contributed by atoms with Crippen LogP contribution in [0.25, 0.3) is 17.3 Å². The highest BCUT2D eigenvalue weighted by Crippen LogP contribution is 2.31. The third kappa shape index (κ3) is 4.10. The molecule has 0 fully saturated rings. The predicted molar refractivity (Wildman–Crippen MR) is 105 cm³/mol. The van der Waals surface area contributed by atoms with Crippen molar-refractivity contribution in [2.45, 2.75) is 0 Å². The fourth-order valence-corrected chi connectivity index (χ4v) is 3.15. The number of anilines is 1. The lowest BCUT2D eigenvalue weighted by molar-refractivity contribution is -0.111. The number of hydrogen-bond acceptors (Lipinski definition) is 5. The van der Waals surface area contributed by atoms with Gasteiger partial charge in [-0.3, -0.25) is 10.1 Å². The first-order valence-electron chi connectivity index (χ1n) is 7.92. The SMILES string of the molecule is COc1cccc(/C=C/C(=O)Nc2nc(-c3ccccc3)cs2)c1OC. The monoisotopic (exact) mass is 366 g/mol. The second-order valence-electron chi connectivity index (χ2n) is 5.31. The highest BCUT2D eigenvalue weighted by atomic mass is 32.1. The van der Waals surface area contributed by atoms with Gasteiger partial charge >= 0.3 is 0 Å². The number of methoxy groups -OCH3 is 2. The van der Waals surface area contributed by atoms with Gasteiger partial charge in [-0.2, -0.15) is 0 Å². The Morgan fingerprint density at radius 2 is 1.88 bits per heavy atom. The van der Waals surface area contributed by atoms with Gasteiger partial charge in [0.2, 0.25) is 5.91 Å². The molecule has 5 nitrogen and oxygen atoms in total. The summed E-state index contributed by atoms with van der Waals surface area (Å²) in [6, 6.07) is 15.3. The second kappa shape index (κ2) is 8.31. The molecule has 6 heteroatoms. The lowest BCUT2D eigenvalue weighted by Crippen LogP contribution is -2.07. The summed E-state index contributed by atoms with van der Waals surface area (Å²) in [6.07, 6.45) is 3.13. The number of ether oxygens (including phenoxy) is 2. The molecule has 0 atom stereocenters. The number of benzene rings is 2. The molecular formula is C20H18N2O3S. The van der Waals surface area contributed by atoms with Crippen molar-refractivity contribution in [2.75, 3.05) is 19.5 Å². The number of thiazole rings is 1. The van der Waals surface area contributed by atoms with E-state index in [-0.39, 0.29) is 5.91 Å². The van der Waals surface area contributed by atoms with Gasteiger partial charge in [0.05, 0.1) is 19.9 Å². The average molecular weight is 366 g/mol. The molecule has 3 rings (SSSR count). The number of carbonyl (C=O) groups excluding carboxylic acids is 1. The Hall–Kier alpha value is -3.12. The molecule has 132 valence electrons. The van der Waals surface area contributed by atoms with Gasteiger partial charge in [-0.25, -0.2) is 4.98 Å². The summed E-state index contributed by atoms with van der Waals surface area (Å²) in [5.74, 6) is 0.936. The zero-order valence-electron chi connectivity index (χ0n) is 14.4. The van der Waals surface area contributed by atoms with Gasteiger partial charge < -0.3 is 9.47 Å². The molecule has 1 aromatic heterocycles. The summed E-state index contributed by atoms with van der Waals surface area (Å²) in [5, 5.41) is 5.25. The van der Waals surface area contributed by atoms with Gasteiger partial charge in [-0.15, -0.1) is 11.3 Å². The first-order valence-corrected chi connectivity index (χ1v) is 8.80. The van der Waals surface area contributed by atoms with Gasteiger partial charge in [0.1, 0.15) is 0 Å². The smallest absolute Gasteiger partial charge is 0.250 e. The molecule has 0 saturated carbocycles. The molecule has 26 heavy (non-hydrogen) atoms. The molecule has 0 aliphatic rings. The van der Waals surface area contributed by atoms with Crippen LogP contribution in [-0.2, 0) is 4.79 Å². The summed E-state index contributed by atoms with van der Waals surface area (Å²) >= 11 is 1.39. The normalized spacial score (nSPS) is 10.7. The molecule has 0 aliphatic heterocycles. The Morgan fingerprint density at radius 3 is 2.62 bits per heavy atom. The maximum Gasteiger partial charge on any atom is 0.250 e. The Bertz CT molecular complexity index is 920. The van der Waals surface area contributed by atoms with Gasteiger partial charge in [-0.05, 0) is 12.1 Å². The fraction of sp³-hybridized carbons (Fsp3) is 0.100. The molecule has 0 aliphatic carbocycles. The zero-order valence-corrected chi connectivity index (χ0v) is 15.2. The fourth-order valence-electron chi connectivity index (χ4n) is 2.43. The molecule has 2 aromatic carbocycles. The van der Waals surface area contributed by atoms with Gasteiger partial charge in [0.25, 0.3) is 0 Å². The van der Waals surface area contributed by atoms with Crippen molar-refractivity contribution in [3.05, 3.63) is 65.6 Å². The van der Waals surface area contributed by atoms with E-state index in [2.05, 4.69) is 10.3 Å². The van der Waals surface area contributed by atoms with Crippen molar-refractivity contribution in [1.29, 1.82) is 0 Å². The van der Waals surface area contributed by atoms with Crippen LogP contribution in [-0.4, -0.2) is 25.1 Å². The Kier molecular flexibility index (Phi) is 5.66. The zero-order chi connectivity index (χ0) is 18.4. The summed E-state index contributed by atoms with van der Waals surface area (Å²) in [5.41, 5.74) is 2.61. The number of carbonyl (C=O) groups is 1. The van der Waals surface area contributed by atoms with Crippen LogP contribution in [0.5, 0.6) is 11.5 Å². The summed E-state index contributed by atoms with van der Waals surface area (Å²) < 4.78 is 10.6. The number of para-hydroxylation sites is 1. The lowest BCUT2D eigenvalue weighted by atomic mass is 10.1. The van der Waals surface area contributed by atoms with Crippen LogP contribution in [0.2, 0.25) is 0 Å². The highest BCUT2D eigenvalue weighted by molar-refractivity contribution is 7.14. The van der Waals surface area contributed by atoms with Crippen LogP contribution in [0.1, 0.15) is 5.56 Å². The van der Waals surface area contributed by atoms with E-state index in [0.717, 1.165) is 16.8 Å². The van der Waals surface area contributed by atoms with E-state index in [9.17, 15) is 4.79 Å². The molecule has 1 amide bonds. The maximum absolute atomic E-state index is 12.2. The molecule has 0 radical (unpaired) electrons. The van der Waals surface area contributed by atoms with E-state index in [0.29, 0.717) is 16.6 Å². The number of nitrogens with one attached hydrogen (secondary N) is 1. The van der Waals surface area contributed by atoms with Crippen molar-refractivity contribution >= 4 is 28.5 Å². The Morgan fingerprint density at radius 1 is 1.08 bits per heavy atom. The van der Waals surface area contributed by atoms with Crippen molar-refractivity contribution in [1.82, 2.24) is 4.98 Å². The molecule has 1 heterocycles. The van der Waals surface area contributed by atoms with Crippen LogP contribution in [0.3, 0.4) is 0 Å². The second-order valence-corrected chi connectivity index (χ2v) is 6.17. The van der Waals surface area contributed by atoms with Crippen LogP contribution in [0, 0.1) is 0 Å². The highest BCUT2D eigenvalue weighted by Gasteiger charge is 2.09. The van der Waals surface area contributed by atoms with E-state index in [1.165, 1.54) is 17.4 Å². The lowest BCUT2D eigenvalue weighted by Gasteiger charge is -2.09. The van der Waals surface area contributed by atoms with Crippen molar-refractivity contribution in [3.63, 3.8) is 0 Å². The van der Waals surface area contributed by atoms with Crippen LogP contribution in [0.4, 0.5) is 5.13 Å². The van der Waals surface area contributed by atoms with E-state index in [4.69, 9.17) is 9.47 Å². The number of rotatable bonds is 6. The molecule has 1 N–H and O–H groups in total. The number of amides is 1. The summed E-state index contributed by atoms with van der Waals surface area (Å²) in [4.78, 5) is 16.6. The first kappa shape index (κ1) is 17.7. The standard InChI is InChI=1S/C20H18N2O3S/c1-24-17-10-6-9-15(19(17)25-2)11-12-18(23)22-20-21-16(13-26-20)14-7-4-3-5-8-14/h3-13H,1-2H3,(H,21,22,23)/b12-11+. The van der Waals surface area contributed by atoms with Crippen LogP contribution >= 0.6 is 11.3 Å². The minimum Gasteiger partial charge on any atom is -0.493 e. The van der Waals surface area contributed by atoms with Crippen LogP contribution in [0.15, 0.2) is 60.0 Å². The van der Waals surface area contributed by atoms with Crippen molar-refractivity contribution in [2.24, 2.45) is 0 Å². The molecule has 0 unspecified atom stereocenters. The van der Waals surface area contributed by atoms with E-state index >= 15 is 0 Å². The maximum atomic E-state index is 12.2. The third-order valence-electron chi connectivity index (χ3n) is 3.65. The summed E-state index contributed by atoms with van der Waals surface area (Å²) in [7, 11) is 3.14. The van der Waals surface area contributed by atoms with Crippen molar-refractivity contribution in [3.8, 4) is 22.8 Å². The van der Waals surface area contributed by atoms with Crippen molar-refractivity contribution < 1.29 is 14.3 Å². The van der Waals surface area contributed by atoms with Gasteiger partial charge in [0.15, 0.2) is 16.6 Å². The van der Waals surface area contributed by atoms with Crippen LogP contribution < -0.4 is 14.8 Å². The number of aromatic nitrogens is 1. The molecule has 0 bridgehead atoms. The molecule has 3 aromatic rings. The van der Waals surface area contributed by atoms with Gasteiger partial charge in [0, 0.05) is 22.6 Å². The average Bonchev–Trinajstić information content (AvgIpc) is 3.15. The van der Waals surface area contributed by atoms with E-state index < -0.39 is 0 Å². The Balaban J connectivity index is 1.70. The molecule has 0 spiro atoms. The largest absolute Gasteiger partial charge is 0.493 e.